The summed E-state index contributed by atoms with van der Waals surface area (Å²) < 4.78 is 9.95. The molecule has 0 amide bonds. The third kappa shape index (κ3) is 3.84. The van der Waals surface area contributed by atoms with Crippen LogP contribution >= 0.6 is 0 Å². The highest BCUT2D eigenvalue weighted by atomic mass is 16.5. The van der Waals surface area contributed by atoms with E-state index in [0.29, 0.717) is 5.76 Å². The molecule has 20 heavy (non-hydrogen) atoms. The summed E-state index contributed by atoms with van der Waals surface area (Å²) in [5.74, 6) is 0.766. The van der Waals surface area contributed by atoms with Gasteiger partial charge in [-0.1, -0.05) is 0 Å². The molecule has 0 saturated carbocycles. The SMILES string of the molecule is CNCCC1CCN(Cc2ccoc2C(=O)OC)CC1. The van der Waals surface area contributed by atoms with Crippen molar-refractivity contribution in [2.45, 2.75) is 25.8 Å². The van der Waals surface area contributed by atoms with Crippen LogP contribution in [0.1, 0.15) is 35.4 Å². The Morgan fingerprint density at radius 1 is 1.50 bits per heavy atom. The van der Waals surface area contributed by atoms with Gasteiger partial charge in [0.1, 0.15) is 0 Å². The topological polar surface area (TPSA) is 54.7 Å². The average Bonchev–Trinajstić information content (AvgIpc) is 2.94. The maximum Gasteiger partial charge on any atom is 0.374 e. The molecule has 1 aliphatic heterocycles. The Bertz CT molecular complexity index is 423. The van der Waals surface area contributed by atoms with Gasteiger partial charge < -0.3 is 14.5 Å². The lowest BCUT2D eigenvalue weighted by atomic mass is 9.93. The van der Waals surface area contributed by atoms with Gasteiger partial charge in [0.2, 0.25) is 5.76 Å². The van der Waals surface area contributed by atoms with Gasteiger partial charge in [-0.2, -0.15) is 0 Å². The van der Waals surface area contributed by atoms with Crippen LogP contribution in [0.5, 0.6) is 0 Å². The summed E-state index contributed by atoms with van der Waals surface area (Å²) in [6.07, 6.45) is 5.27. The number of nitrogens with zero attached hydrogens (tertiary/aromatic N) is 1. The zero-order valence-electron chi connectivity index (χ0n) is 12.4. The molecule has 5 heteroatoms. The van der Waals surface area contributed by atoms with Crippen molar-refractivity contribution < 1.29 is 13.9 Å². The van der Waals surface area contributed by atoms with Crippen molar-refractivity contribution in [3.8, 4) is 0 Å². The van der Waals surface area contributed by atoms with Crippen LogP contribution in [0.15, 0.2) is 16.7 Å². The van der Waals surface area contributed by atoms with E-state index < -0.39 is 5.97 Å². The maximum atomic E-state index is 11.6. The van der Waals surface area contributed by atoms with Crippen molar-refractivity contribution in [1.29, 1.82) is 0 Å². The quantitative estimate of drug-likeness (QED) is 0.806. The number of hydrogen-bond donors (Lipinski definition) is 1. The predicted octanol–water partition coefficient (Wildman–Crippen LogP) is 1.89. The van der Waals surface area contributed by atoms with Gasteiger partial charge in [-0.15, -0.1) is 0 Å². The molecule has 5 nitrogen and oxygen atoms in total. The van der Waals surface area contributed by atoms with Gasteiger partial charge in [-0.25, -0.2) is 4.79 Å². The Balaban J connectivity index is 1.84. The molecule has 0 unspecified atom stereocenters. The molecule has 0 atom stereocenters. The molecular weight excluding hydrogens is 256 g/mol. The Morgan fingerprint density at radius 2 is 2.25 bits per heavy atom. The van der Waals surface area contributed by atoms with E-state index in [2.05, 4.69) is 10.2 Å². The first-order valence-electron chi connectivity index (χ1n) is 7.26. The third-order valence-corrected chi connectivity index (χ3v) is 4.02. The molecule has 1 saturated heterocycles. The van der Waals surface area contributed by atoms with Gasteiger partial charge in [0.15, 0.2) is 0 Å². The van der Waals surface area contributed by atoms with Gasteiger partial charge in [0.25, 0.3) is 0 Å². The van der Waals surface area contributed by atoms with Crippen molar-refractivity contribution in [2.75, 3.05) is 33.8 Å². The summed E-state index contributed by atoms with van der Waals surface area (Å²) in [6, 6.07) is 1.86. The molecule has 1 aliphatic rings. The minimum atomic E-state index is -0.395. The van der Waals surface area contributed by atoms with E-state index in [-0.39, 0.29) is 0 Å². The number of esters is 1. The van der Waals surface area contributed by atoms with Gasteiger partial charge in [-0.3, -0.25) is 4.90 Å². The minimum absolute atomic E-state index is 0.338. The fraction of sp³-hybridized carbons (Fsp3) is 0.667. The highest BCUT2D eigenvalue weighted by Gasteiger charge is 2.22. The Hall–Kier alpha value is -1.33. The van der Waals surface area contributed by atoms with Crippen LogP contribution in [-0.2, 0) is 11.3 Å². The van der Waals surface area contributed by atoms with E-state index >= 15 is 0 Å². The largest absolute Gasteiger partial charge is 0.463 e. The second-order valence-corrected chi connectivity index (χ2v) is 5.38. The molecule has 1 fully saturated rings. The highest BCUT2D eigenvalue weighted by Crippen LogP contribution is 2.22. The van der Waals surface area contributed by atoms with E-state index in [1.54, 1.807) is 6.26 Å². The van der Waals surface area contributed by atoms with Crippen molar-refractivity contribution in [3.63, 3.8) is 0 Å². The van der Waals surface area contributed by atoms with Crippen LogP contribution in [0.3, 0.4) is 0 Å². The number of hydrogen-bond acceptors (Lipinski definition) is 5. The van der Waals surface area contributed by atoms with Crippen molar-refractivity contribution in [3.05, 3.63) is 23.7 Å². The zero-order chi connectivity index (χ0) is 14.4. The number of rotatable bonds is 6. The second kappa shape index (κ2) is 7.45. The fourth-order valence-electron chi connectivity index (χ4n) is 2.75. The van der Waals surface area contributed by atoms with E-state index in [1.807, 2.05) is 13.1 Å². The first-order chi connectivity index (χ1) is 9.74. The van der Waals surface area contributed by atoms with Gasteiger partial charge >= 0.3 is 5.97 Å². The van der Waals surface area contributed by atoms with Crippen LogP contribution in [0.4, 0.5) is 0 Å². The molecule has 1 aromatic heterocycles. The molecule has 1 aromatic rings. The standard InChI is InChI=1S/C15H24N2O3/c1-16-7-3-12-4-8-17(9-5-12)11-13-6-10-20-14(13)15(18)19-2/h6,10,12,16H,3-5,7-9,11H2,1-2H3. The number of carbonyl (C=O) groups is 1. The number of nitrogens with one attached hydrogen (secondary N) is 1. The van der Waals surface area contributed by atoms with E-state index in [4.69, 9.17) is 9.15 Å². The van der Waals surface area contributed by atoms with Gasteiger partial charge in [0.05, 0.1) is 13.4 Å². The second-order valence-electron chi connectivity index (χ2n) is 5.38. The molecule has 112 valence electrons. The summed E-state index contributed by atoms with van der Waals surface area (Å²) in [7, 11) is 3.38. The molecular formula is C15H24N2O3. The highest BCUT2D eigenvalue weighted by molar-refractivity contribution is 5.87. The molecule has 0 spiro atoms. The summed E-state index contributed by atoms with van der Waals surface area (Å²) in [6.45, 7) is 4.03. The molecule has 1 N–H and O–H groups in total. The Morgan fingerprint density at radius 3 is 2.90 bits per heavy atom. The number of carbonyl (C=O) groups excluding carboxylic acids is 1. The Kier molecular flexibility index (Phi) is 5.61. The number of methoxy groups -OCH3 is 1. The molecule has 0 aliphatic carbocycles. The average molecular weight is 280 g/mol. The fourth-order valence-corrected chi connectivity index (χ4v) is 2.75. The monoisotopic (exact) mass is 280 g/mol. The molecule has 0 aromatic carbocycles. The van der Waals surface area contributed by atoms with Crippen LogP contribution in [0.2, 0.25) is 0 Å². The molecule has 0 radical (unpaired) electrons. The summed E-state index contributed by atoms with van der Waals surface area (Å²) in [4.78, 5) is 13.9. The lowest BCUT2D eigenvalue weighted by Crippen LogP contribution is -2.34. The van der Waals surface area contributed by atoms with Crippen LogP contribution in [0, 0.1) is 5.92 Å². The minimum Gasteiger partial charge on any atom is -0.463 e. The maximum absolute atomic E-state index is 11.6. The first-order valence-corrected chi connectivity index (χ1v) is 7.26. The normalized spacial score (nSPS) is 17.3. The number of likely N-dealkylation sites (tertiary alicyclic amines) is 1. The summed E-state index contributed by atoms with van der Waals surface area (Å²) in [5.41, 5.74) is 0.922. The zero-order valence-corrected chi connectivity index (χ0v) is 12.4. The number of piperidine rings is 1. The van der Waals surface area contributed by atoms with Crippen molar-refractivity contribution in [1.82, 2.24) is 10.2 Å². The summed E-state index contributed by atoms with van der Waals surface area (Å²) >= 11 is 0. The van der Waals surface area contributed by atoms with Crippen LogP contribution < -0.4 is 5.32 Å². The number of furan rings is 1. The van der Waals surface area contributed by atoms with Gasteiger partial charge in [0, 0.05) is 12.1 Å². The smallest absolute Gasteiger partial charge is 0.374 e. The number of ether oxygens (including phenoxy) is 1. The van der Waals surface area contributed by atoms with Gasteiger partial charge in [-0.05, 0) is 57.9 Å². The van der Waals surface area contributed by atoms with Crippen LogP contribution in [-0.4, -0.2) is 44.7 Å². The van der Waals surface area contributed by atoms with E-state index in [9.17, 15) is 4.79 Å². The predicted molar refractivity (Wildman–Crippen MR) is 76.6 cm³/mol. The Labute approximate surface area is 120 Å². The molecule has 2 rings (SSSR count). The lowest BCUT2D eigenvalue weighted by Gasteiger charge is -2.31. The van der Waals surface area contributed by atoms with E-state index in [1.165, 1.54) is 26.4 Å². The van der Waals surface area contributed by atoms with E-state index in [0.717, 1.165) is 37.7 Å². The lowest BCUT2D eigenvalue weighted by molar-refractivity contribution is 0.0560. The third-order valence-electron chi connectivity index (χ3n) is 4.02. The summed E-state index contributed by atoms with van der Waals surface area (Å²) in [5, 5.41) is 3.21. The van der Waals surface area contributed by atoms with Crippen LogP contribution in [0.25, 0.3) is 0 Å². The van der Waals surface area contributed by atoms with Crippen molar-refractivity contribution >= 4 is 5.97 Å². The first kappa shape index (κ1) is 15.1. The molecule has 0 bridgehead atoms. The molecule has 2 heterocycles. The van der Waals surface area contributed by atoms with Crippen molar-refractivity contribution in [2.24, 2.45) is 5.92 Å².